The zero-order valence-corrected chi connectivity index (χ0v) is 28.7. The topological polar surface area (TPSA) is 29.5 Å². The molecule has 0 radical (unpaired) electrons. The first-order valence-electron chi connectivity index (χ1n) is 17.5. The maximum atomic E-state index is 6.76. The van der Waals surface area contributed by atoms with Gasteiger partial charge < -0.3 is 13.7 Å². The summed E-state index contributed by atoms with van der Waals surface area (Å²) < 4.78 is 15.8. The van der Waals surface area contributed by atoms with Crippen LogP contribution < -0.4 is 4.90 Å². The molecule has 0 aliphatic carbocycles. The van der Waals surface area contributed by atoms with Crippen LogP contribution in [-0.2, 0) is 0 Å². The Morgan fingerprint density at radius 3 is 1.85 bits per heavy atom. The highest BCUT2D eigenvalue weighted by Gasteiger charge is 2.24. The van der Waals surface area contributed by atoms with Crippen LogP contribution in [0, 0.1) is 0 Å². The molecule has 244 valence electrons. The number of hydrogen-bond acceptors (Lipinski definition) is 4. The third-order valence-electron chi connectivity index (χ3n) is 10.3. The molecule has 0 fully saturated rings. The van der Waals surface area contributed by atoms with Crippen molar-refractivity contribution >= 4 is 92.4 Å². The number of nitrogens with zero attached hydrogens (tertiary/aromatic N) is 1. The van der Waals surface area contributed by atoms with E-state index in [9.17, 15) is 0 Å². The van der Waals surface area contributed by atoms with Gasteiger partial charge in [-0.1, -0.05) is 109 Å². The number of rotatable bonds is 5. The monoisotopic (exact) mass is 683 g/mol. The molecule has 3 nitrogen and oxygen atoms in total. The van der Waals surface area contributed by atoms with Crippen LogP contribution in [0.25, 0.3) is 86.3 Å². The minimum atomic E-state index is 0.861. The van der Waals surface area contributed by atoms with Gasteiger partial charge in [-0.2, -0.15) is 0 Å². The number of para-hydroxylation sites is 1. The second-order valence-electron chi connectivity index (χ2n) is 13.2. The van der Waals surface area contributed by atoms with E-state index < -0.39 is 0 Å². The average Bonchev–Trinajstić information content (AvgIpc) is 3.90. The largest absolute Gasteiger partial charge is 0.456 e. The molecule has 3 aromatic heterocycles. The molecule has 0 atom stereocenters. The fourth-order valence-corrected chi connectivity index (χ4v) is 9.02. The quantitative estimate of drug-likeness (QED) is 0.181. The zero-order chi connectivity index (χ0) is 34.2. The molecule has 4 heteroatoms. The van der Waals surface area contributed by atoms with Crippen molar-refractivity contribution in [3.8, 4) is 22.3 Å². The van der Waals surface area contributed by atoms with Gasteiger partial charge in [0.1, 0.15) is 22.3 Å². The van der Waals surface area contributed by atoms with E-state index in [2.05, 4.69) is 175 Å². The minimum Gasteiger partial charge on any atom is -0.456 e. The lowest BCUT2D eigenvalue weighted by molar-refractivity contribution is 0.669. The summed E-state index contributed by atoms with van der Waals surface area (Å²) in [6.45, 7) is 0. The van der Waals surface area contributed by atoms with Gasteiger partial charge in [0.25, 0.3) is 0 Å². The molecular weight excluding hydrogens is 655 g/mol. The first kappa shape index (κ1) is 29.1. The molecule has 11 aromatic rings. The van der Waals surface area contributed by atoms with Gasteiger partial charge in [0.2, 0.25) is 0 Å². The Kier molecular flexibility index (Phi) is 6.42. The van der Waals surface area contributed by atoms with Gasteiger partial charge in [0, 0.05) is 53.3 Å². The van der Waals surface area contributed by atoms with Crippen molar-refractivity contribution in [3.63, 3.8) is 0 Å². The summed E-state index contributed by atoms with van der Waals surface area (Å²) in [6.07, 6.45) is 0. The standard InChI is InChI=1S/C48H29NO2S/c1-3-12-30(13-4-1)34-18-11-20-43-46(34)39-29-32(22-26-42(39)50-43)49(33-23-27-45-38(28-33)36-16-8-10-21-44(36)52-45)40-25-24-35(31-14-5-2-6-15-31)48-47(40)37-17-7-9-19-41(37)51-48/h1-29H. The van der Waals surface area contributed by atoms with Crippen molar-refractivity contribution in [3.05, 3.63) is 176 Å². The Hall–Kier alpha value is -6.62. The zero-order valence-electron chi connectivity index (χ0n) is 27.9. The minimum absolute atomic E-state index is 0.861. The number of hydrogen-bond donors (Lipinski definition) is 0. The van der Waals surface area contributed by atoms with Crippen molar-refractivity contribution in [1.82, 2.24) is 0 Å². The van der Waals surface area contributed by atoms with Gasteiger partial charge in [-0.25, -0.2) is 0 Å². The van der Waals surface area contributed by atoms with E-state index in [-0.39, 0.29) is 0 Å². The molecule has 0 aliphatic heterocycles. The predicted octanol–water partition coefficient (Wildman–Crippen LogP) is 14.7. The number of benzene rings is 8. The second kappa shape index (κ2) is 11.5. The van der Waals surface area contributed by atoms with Gasteiger partial charge in [-0.05, 0) is 83.4 Å². The number of thiophene rings is 1. The fourth-order valence-electron chi connectivity index (χ4n) is 7.93. The van der Waals surface area contributed by atoms with Crippen LogP contribution in [0.2, 0.25) is 0 Å². The summed E-state index contributed by atoms with van der Waals surface area (Å²) >= 11 is 1.84. The molecule has 0 saturated heterocycles. The van der Waals surface area contributed by atoms with E-state index in [1.54, 1.807) is 0 Å². The smallest absolute Gasteiger partial charge is 0.145 e. The molecule has 3 heterocycles. The molecule has 8 aromatic carbocycles. The van der Waals surface area contributed by atoms with Crippen molar-refractivity contribution in [2.24, 2.45) is 0 Å². The van der Waals surface area contributed by atoms with Crippen molar-refractivity contribution in [2.45, 2.75) is 0 Å². The van der Waals surface area contributed by atoms with Crippen LogP contribution in [0.15, 0.2) is 185 Å². The molecule has 0 unspecified atom stereocenters. The van der Waals surface area contributed by atoms with Crippen molar-refractivity contribution in [1.29, 1.82) is 0 Å². The summed E-state index contributed by atoms with van der Waals surface area (Å²) in [5, 5.41) is 6.87. The van der Waals surface area contributed by atoms with Crippen LogP contribution >= 0.6 is 11.3 Å². The molecule has 0 bridgehead atoms. The SMILES string of the molecule is c1ccc(-c2ccc(N(c3ccc4sc5ccccc5c4c3)c3ccc4oc5cccc(-c6ccccc6)c5c4c3)c3c2oc2ccccc23)cc1. The fraction of sp³-hybridized carbons (Fsp3) is 0. The number of anilines is 3. The summed E-state index contributed by atoms with van der Waals surface area (Å²) in [5.74, 6) is 0. The van der Waals surface area contributed by atoms with Crippen molar-refractivity contribution < 1.29 is 8.83 Å². The summed E-state index contributed by atoms with van der Waals surface area (Å²) in [6, 6.07) is 62.4. The maximum Gasteiger partial charge on any atom is 0.145 e. The highest BCUT2D eigenvalue weighted by atomic mass is 32.1. The molecule has 0 N–H and O–H groups in total. The number of furan rings is 2. The Morgan fingerprint density at radius 1 is 0.385 bits per heavy atom. The Balaban J connectivity index is 1.23. The Morgan fingerprint density at radius 2 is 1.02 bits per heavy atom. The first-order valence-corrected chi connectivity index (χ1v) is 18.3. The average molecular weight is 684 g/mol. The maximum absolute atomic E-state index is 6.76. The van der Waals surface area contributed by atoms with Crippen LogP contribution in [0.3, 0.4) is 0 Å². The van der Waals surface area contributed by atoms with Gasteiger partial charge >= 0.3 is 0 Å². The second-order valence-corrected chi connectivity index (χ2v) is 14.3. The van der Waals surface area contributed by atoms with Crippen molar-refractivity contribution in [2.75, 3.05) is 4.90 Å². The molecule has 0 spiro atoms. The highest BCUT2D eigenvalue weighted by molar-refractivity contribution is 7.25. The van der Waals surface area contributed by atoms with Gasteiger partial charge in [0.15, 0.2) is 0 Å². The highest BCUT2D eigenvalue weighted by Crippen LogP contribution is 2.48. The molecule has 0 saturated carbocycles. The summed E-state index contributed by atoms with van der Waals surface area (Å²) in [4.78, 5) is 2.40. The van der Waals surface area contributed by atoms with Gasteiger partial charge in [0.05, 0.1) is 11.1 Å². The number of fused-ring (bicyclic) bond motifs is 9. The Labute approximate surface area is 303 Å². The van der Waals surface area contributed by atoms with E-state index in [4.69, 9.17) is 8.83 Å². The summed E-state index contributed by atoms with van der Waals surface area (Å²) in [7, 11) is 0. The third-order valence-corrected chi connectivity index (χ3v) is 11.4. The molecular formula is C48H29NO2S. The van der Waals surface area contributed by atoms with E-state index in [1.165, 1.54) is 20.2 Å². The van der Waals surface area contributed by atoms with E-state index in [0.717, 1.165) is 83.2 Å². The van der Waals surface area contributed by atoms with E-state index >= 15 is 0 Å². The van der Waals surface area contributed by atoms with Crippen LogP contribution in [0.5, 0.6) is 0 Å². The first-order chi connectivity index (χ1) is 25.8. The Bertz CT molecular complexity index is 3130. The molecule has 52 heavy (non-hydrogen) atoms. The lowest BCUT2D eigenvalue weighted by Crippen LogP contribution is -2.10. The predicted molar refractivity (Wildman–Crippen MR) is 219 cm³/mol. The normalized spacial score (nSPS) is 11.8. The van der Waals surface area contributed by atoms with Gasteiger partial charge in [-0.3, -0.25) is 0 Å². The van der Waals surface area contributed by atoms with E-state index in [1.807, 2.05) is 17.4 Å². The third kappa shape index (κ3) is 4.45. The molecule has 11 rings (SSSR count). The van der Waals surface area contributed by atoms with Crippen LogP contribution in [-0.4, -0.2) is 0 Å². The summed E-state index contributed by atoms with van der Waals surface area (Å²) in [5.41, 5.74) is 11.1. The lowest BCUT2D eigenvalue weighted by atomic mass is 9.98. The lowest BCUT2D eigenvalue weighted by Gasteiger charge is -2.27. The van der Waals surface area contributed by atoms with E-state index in [0.29, 0.717) is 0 Å². The molecule has 0 aliphatic rings. The van der Waals surface area contributed by atoms with Crippen LogP contribution in [0.4, 0.5) is 17.1 Å². The van der Waals surface area contributed by atoms with Gasteiger partial charge in [-0.15, -0.1) is 11.3 Å². The van der Waals surface area contributed by atoms with Crippen LogP contribution in [0.1, 0.15) is 0 Å². The molecule has 0 amide bonds.